The molecule has 1 saturated carbocycles. The van der Waals surface area contributed by atoms with E-state index in [1.54, 1.807) is 6.07 Å². The molecule has 0 saturated heterocycles. The number of carbonyl (C=O) groups excluding carboxylic acids is 4. The molecular formula is C25H23F4N3O8S. The number of nitrogens with two attached hydrogens (primary N) is 1. The minimum absolute atomic E-state index is 0.0573. The quantitative estimate of drug-likeness (QED) is 0.0793. The molecule has 1 atom stereocenters. The van der Waals surface area contributed by atoms with E-state index in [0.29, 0.717) is 30.6 Å². The molecule has 0 radical (unpaired) electrons. The number of thiophene rings is 1. The molecule has 1 aliphatic rings. The Labute approximate surface area is 233 Å². The third-order valence-electron chi connectivity index (χ3n) is 6.28. The van der Waals surface area contributed by atoms with E-state index in [1.807, 2.05) is 0 Å². The number of nitrogen functional groups attached to an aromatic ring is 1. The van der Waals surface area contributed by atoms with Gasteiger partial charge in [-0.05, 0) is 49.6 Å². The van der Waals surface area contributed by atoms with Gasteiger partial charge in [0.05, 0.1) is 11.8 Å². The molecule has 11 nitrogen and oxygen atoms in total. The van der Waals surface area contributed by atoms with Crippen LogP contribution in [0, 0.1) is 16.6 Å². The van der Waals surface area contributed by atoms with E-state index in [0.717, 1.165) is 23.5 Å². The van der Waals surface area contributed by atoms with Crippen molar-refractivity contribution in [3.63, 3.8) is 0 Å². The number of rotatable bonds is 10. The lowest BCUT2D eigenvalue weighted by molar-refractivity contribution is -0.202. The van der Waals surface area contributed by atoms with Crippen LogP contribution in [0.3, 0.4) is 0 Å². The second kappa shape index (κ2) is 12.4. The maximum Gasteiger partial charge on any atom is 0.491 e. The lowest BCUT2D eigenvalue weighted by Crippen LogP contribution is -2.49. The van der Waals surface area contributed by atoms with Crippen molar-refractivity contribution in [3.05, 3.63) is 51.5 Å². The minimum Gasteiger partial charge on any atom is -0.480 e. The van der Waals surface area contributed by atoms with Crippen LogP contribution in [0.4, 0.5) is 17.6 Å². The van der Waals surface area contributed by atoms with Crippen LogP contribution in [0.25, 0.3) is 0 Å². The van der Waals surface area contributed by atoms with Crippen molar-refractivity contribution in [2.45, 2.75) is 50.7 Å². The maximum absolute atomic E-state index is 14.2. The molecule has 1 aromatic carbocycles. The Balaban J connectivity index is 1.69. The average Bonchev–Trinajstić information content (AvgIpc) is 3.55. The van der Waals surface area contributed by atoms with Gasteiger partial charge in [0, 0.05) is 10.4 Å². The van der Waals surface area contributed by atoms with Crippen LogP contribution in [-0.2, 0) is 30.3 Å². The Morgan fingerprint density at radius 1 is 1.12 bits per heavy atom. The third-order valence-corrected chi connectivity index (χ3v) is 7.34. The predicted molar refractivity (Wildman–Crippen MR) is 133 cm³/mol. The van der Waals surface area contributed by atoms with Crippen molar-refractivity contribution in [1.29, 1.82) is 5.41 Å². The van der Waals surface area contributed by atoms with E-state index >= 15 is 0 Å². The molecule has 0 spiro atoms. The summed E-state index contributed by atoms with van der Waals surface area (Å²) in [4.78, 5) is 60.6. The average molecular weight is 602 g/mol. The van der Waals surface area contributed by atoms with Gasteiger partial charge >= 0.3 is 30.1 Å². The summed E-state index contributed by atoms with van der Waals surface area (Å²) in [5.74, 6) is -9.67. The highest BCUT2D eigenvalue weighted by Crippen LogP contribution is 2.42. The van der Waals surface area contributed by atoms with Crippen LogP contribution in [0.1, 0.15) is 52.2 Å². The number of hydrogen-bond donors (Lipinski definition) is 4. The van der Waals surface area contributed by atoms with E-state index < -0.39 is 65.4 Å². The Morgan fingerprint density at radius 2 is 1.78 bits per heavy atom. The molecule has 1 aliphatic carbocycles. The lowest BCUT2D eigenvalue weighted by atomic mass is 9.81. The zero-order valence-electron chi connectivity index (χ0n) is 21.0. The smallest absolute Gasteiger partial charge is 0.480 e. The highest BCUT2D eigenvalue weighted by atomic mass is 32.1. The van der Waals surface area contributed by atoms with E-state index in [1.165, 1.54) is 12.1 Å². The van der Waals surface area contributed by atoms with Gasteiger partial charge in [0.25, 0.3) is 0 Å². The highest BCUT2D eigenvalue weighted by Gasteiger charge is 2.45. The van der Waals surface area contributed by atoms with Gasteiger partial charge in [-0.3, -0.25) is 15.0 Å². The molecule has 2 aromatic rings. The van der Waals surface area contributed by atoms with Gasteiger partial charge in [-0.2, -0.15) is 13.2 Å². The van der Waals surface area contributed by atoms with Crippen LogP contribution < -0.4 is 15.8 Å². The molecule has 1 aromatic heterocycles. The fourth-order valence-electron chi connectivity index (χ4n) is 4.23. The third kappa shape index (κ3) is 7.87. The van der Waals surface area contributed by atoms with Gasteiger partial charge in [-0.25, -0.2) is 18.8 Å². The first-order valence-corrected chi connectivity index (χ1v) is 12.7. The molecule has 16 heteroatoms. The second-order valence-corrected chi connectivity index (χ2v) is 10.4. The standard InChI is InChI=1S/C25H23F4N3O8S/c26-14-9-12(19(30)31)3-5-16(14)39-21(36)17-6-4-13(41-17)11-24(7-1-2-8-24)22(37)32-15(20(34)35)10-18(33)40-23(38)25(27,28)29/h3-6,9,15H,1-2,7-8,10-11H2,(H3,30,31)(H,32,37)(H,34,35)/t15-/m0/s1. The first-order valence-electron chi connectivity index (χ1n) is 11.9. The summed E-state index contributed by atoms with van der Waals surface area (Å²) >= 11 is 0.956. The zero-order valence-corrected chi connectivity index (χ0v) is 21.8. The minimum atomic E-state index is -5.47. The summed E-state index contributed by atoms with van der Waals surface area (Å²) in [7, 11) is 0. The Morgan fingerprint density at radius 3 is 2.34 bits per heavy atom. The van der Waals surface area contributed by atoms with Gasteiger partial charge in [0.1, 0.15) is 16.8 Å². The van der Waals surface area contributed by atoms with Crippen molar-refractivity contribution in [2.24, 2.45) is 11.1 Å². The van der Waals surface area contributed by atoms with E-state index in [2.05, 4.69) is 10.1 Å². The van der Waals surface area contributed by atoms with Crippen LogP contribution in [-0.4, -0.2) is 52.9 Å². The number of aliphatic carboxylic acids is 1. The molecule has 0 bridgehead atoms. The topological polar surface area (TPSA) is 186 Å². The van der Waals surface area contributed by atoms with E-state index in [-0.39, 0.29) is 22.7 Å². The van der Waals surface area contributed by atoms with Gasteiger partial charge in [-0.15, -0.1) is 11.3 Å². The number of hydrogen-bond acceptors (Lipinski definition) is 9. The number of alkyl halides is 3. The maximum atomic E-state index is 14.2. The van der Waals surface area contributed by atoms with Gasteiger partial charge in [0.15, 0.2) is 11.6 Å². The largest absolute Gasteiger partial charge is 0.491 e. The molecule has 1 fully saturated rings. The number of carbonyl (C=O) groups is 5. The molecule has 3 rings (SSSR count). The first kappa shape index (κ1) is 31.2. The molecule has 0 unspecified atom stereocenters. The van der Waals surface area contributed by atoms with Gasteiger partial charge < -0.3 is 25.6 Å². The monoisotopic (exact) mass is 601 g/mol. The van der Waals surface area contributed by atoms with Crippen LogP contribution in [0.5, 0.6) is 5.75 Å². The van der Waals surface area contributed by atoms with E-state index in [9.17, 15) is 46.6 Å². The van der Waals surface area contributed by atoms with Crippen molar-refractivity contribution in [3.8, 4) is 5.75 Å². The lowest BCUT2D eigenvalue weighted by Gasteiger charge is -2.29. The molecule has 1 amide bonds. The summed E-state index contributed by atoms with van der Waals surface area (Å²) in [6.45, 7) is 0. The fourth-order valence-corrected chi connectivity index (χ4v) is 5.26. The summed E-state index contributed by atoms with van der Waals surface area (Å²) in [6.07, 6.45) is -4.81. The SMILES string of the molecule is N=C(N)c1ccc(OC(=O)c2ccc(CC3(C(=O)N[C@@H](CC(=O)OC(=O)C(F)(F)F)C(=O)O)CCCC3)s2)c(F)c1. The molecular weight excluding hydrogens is 578 g/mol. The van der Waals surface area contributed by atoms with Crippen LogP contribution in [0.2, 0.25) is 0 Å². The molecule has 41 heavy (non-hydrogen) atoms. The number of amidine groups is 1. The fraction of sp³-hybridized carbons (Fsp3) is 0.360. The number of halogens is 4. The number of nitrogens with one attached hydrogen (secondary N) is 2. The Kier molecular flexibility index (Phi) is 9.47. The second-order valence-electron chi connectivity index (χ2n) is 9.21. The molecule has 1 heterocycles. The summed E-state index contributed by atoms with van der Waals surface area (Å²) < 4.78 is 59.9. The van der Waals surface area contributed by atoms with Gasteiger partial charge in [-0.1, -0.05) is 12.8 Å². The van der Waals surface area contributed by atoms with Crippen molar-refractivity contribution < 1.29 is 56.1 Å². The number of carboxylic acids is 1. The van der Waals surface area contributed by atoms with Crippen molar-refractivity contribution in [2.75, 3.05) is 0 Å². The van der Waals surface area contributed by atoms with Crippen molar-refractivity contribution >= 4 is 47.0 Å². The summed E-state index contributed by atoms with van der Waals surface area (Å²) in [5, 5.41) is 18.9. The number of benzene rings is 1. The summed E-state index contributed by atoms with van der Waals surface area (Å²) in [6, 6.07) is 4.35. The number of ether oxygens (including phenoxy) is 2. The molecule has 0 aliphatic heterocycles. The van der Waals surface area contributed by atoms with Crippen LogP contribution in [0.15, 0.2) is 30.3 Å². The summed E-state index contributed by atoms with van der Waals surface area (Å²) in [5.41, 5.74) is 4.25. The Hall–Kier alpha value is -4.34. The van der Waals surface area contributed by atoms with Gasteiger partial charge in [0.2, 0.25) is 5.91 Å². The predicted octanol–water partition coefficient (Wildman–Crippen LogP) is 3.08. The normalized spacial score (nSPS) is 15.0. The Bertz CT molecular complexity index is 1390. The molecule has 5 N–H and O–H groups in total. The van der Waals surface area contributed by atoms with E-state index in [4.69, 9.17) is 15.9 Å². The first-order chi connectivity index (χ1) is 19.1. The molecule has 220 valence electrons. The van der Waals surface area contributed by atoms with Crippen molar-refractivity contribution in [1.82, 2.24) is 5.32 Å². The number of carboxylic acid groups (broad SMARTS) is 1. The highest BCUT2D eigenvalue weighted by molar-refractivity contribution is 7.14. The van der Waals surface area contributed by atoms with Crippen LogP contribution >= 0.6 is 11.3 Å². The zero-order chi connectivity index (χ0) is 30.5. The number of esters is 3. The number of amides is 1.